The van der Waals surface area contributed by atoms with Crippen molar-refractivity contribution in [2.45, 2.75) is 6.92 Å². The van der Waals surface area contributed by atoms with E-state index < -0.39 is 0 Å². The van der Waals surface area contributed by atoms with Crippen LogP contribution in [0.15, 0.2) is 24.3 Å². The number of hydrogen-bond acceptors (Lipinski definition) is 6. The van der Waals surface area contributed by atoms with Gasteiger partial charge in [0.15, 0.2) is 29.3 Å². The molecule has 0 aliphatic heterocycles. The number of aryl methyl sites for hydroxylation is 1. The molecule has 0 aliphatic carbocycles. The Labute approximate surface area is 133 Å². The van der Waals surface area contributed by atoms with Gasteiger partial charge < -0.3 is 19.3 Å². The van der Waals surface area contributed by atoms with Gasteiger partial charge in [0.25, 0.3) is 0 Å². The molecule has 6 heteroatoms. The Morgan fingerprint density at radius 3 is 2.26 bits per heavy atom. The summed E-state index contributed by atoms with van der Waals surface area (Å²) in [6.45, 7) is 1.74. The lowest BCUT2D eigenvalue weighted by Gasteiger charge is -2.17. The number of phenols is 1. The van der Waals surface area contributed by atoms with Crippen molar-refractivity contribution in [2.75, 3.05) is 14.2 Å². The Hall–Kier alpha value is -3.02. The lowest BCUT2D eigenvalue weighted by molar-refractivity contribution is 0.111. The van der Waals surface area contributed by atoms with Crippen molar-refractivity contribution in [1.29, 1.82) is 0 Å². The summed E-state index contributed by atoms with van der Waals surface area (Å²) in [6.07, 6.45) is 1.30. The second kappa shape index (κ2) is 6.83. The number of carbonyl (C=O) groups excluding carboxylic acids is 2. The number of carbonyl (C=O) groups is 2. The van der Waals surface area contributed by atoms with Gasteiger partial charge in [-0.15, -0.1) is 0 Å². The molecule has 2 rings (SSSR count). The molecule has 0 fully saturated rings. The van der Waals surface area contributed by atoms with Gasteiger partial charge in [-0.2, -0.15) is 0 Å². The van der Waals surface area contributed by atoms with Crippen LogP contribution in [0.4, 0.5) is 0 Å². The maximum atomic E-state index is 11.2. The fraction of sp³-hybridized carbons (Fsp3) is 0.176. The van der Waals surface area contributed by atoms with E-state index in [0.717, 1.165) is 0 Å². The monoisotopic (exact) mass is 316 g/mol. The van der Waals surface area contributed by atoms with Crippen LogP contribution < -0.4 is 14.2 Å². The van der Waals surface area contributed by atoms with Crippen molar-refractivity contribution in [2.24, 2.45) is 0 Å². The first-order valence-electron chi connectivity index (χ1n) is 6.72. The third-order valence-electron chi connectivity index (χ3n) is 3.28. The molecular formula is C17H16O6. The molecule has 0 heterocycles. The van der Waals surface area contributed by atoms with E-state index in [2.05, 4.69) is 0 Å². The predicted octanol–water partition coefficient (Wildman–Crippen LogP) is 3.14. The molecule has 0 bridgehead atoms. The highest BCUT2D eigenvalue weighted by Crippen LogP contribution is 2.44. The summed E-state index contributed by atoms with van der Waals surface area (Å²) < 4.78 is 16.2. The Kier molecular flexibility index (Phi) is 4.85. The van der Waals surface area contributed by atoms with Gasteiger partial charge in [0.05, 0.1) is 19.8 Å². The summed E-state index contributed by atoms with van der Waals surface area (Å²) in [6, 6.07) is 5.91. The van der Waals surface area contributed by atoms with Crippen LogP contribution in [-0.2, 0) is 0 Å². The third-order valence-corrected chi connectivity index (χ3v) is 3.28. The second-order valence-electron chi connectivity index (χ2n) is 4.74. The van der Waals surface area contributed by atoms with Crippen molar-refractivity contribution >= 4 is 12.6 Å². The van der Waals surface area contributed by atoms with Gasteiger partial charge in [0.1, 0.15) is 6.29 Å². The number of benzene rings is 2. The minimum Gasteiger partial charge on any atom is -0.504 e. The van der Waals surface area contributed by atoms with E-state index >= 15 is 0 Å². The highest BCUT2D eigenvalue weighted by molar-refractivity contribution is 5.83. The van der Waals surface area contributed by atoms with Crippen molar-refractivity contribution in [1.82, 2.24) is 0 Å². The Balaban J connectivity index is 2.62. The minimum atomic E-state index is -0.158. The van der Waals surface area contributed by atoms with Gasteiger partial charge in [-0.25, -0.2) is 0 Å². The molecular weight excluding hydrogens is 300 g/mol. The van der Waals surface area contributed by atoms with Crippen molar-refractivity contribution in [3.8, 4) is 28.7 Å². The molecule has 0 saturated heterocycles. The molecule has 6 nitrogen and oxygen atoms in total. The molecule has 2 aromatic rings. The third kappa shape index (κ3) is 3.11. The molecule has 1 N–H and O–H groups in total. The molecule has 2 aromatic carbocycles. The maximum Gasteiger partial charge on any atom is 0.204 e. The first-order chi connectivity index (χ1) is 11.0. The van der Waals surface area contributed by atoms with Gasteiger partial charge in [-0.1, -0.05) is 0 Å². The molecule has 0 radical (unpaired) electrons. The Bertz CT molecular complexity index is 751. The van der Waals surface area contributed by atoms with Gasteiger partial charge in [0, 0.05) is 5.56 Å². The number of aromatic hydroxyl groups is 1. The maximum absolute atomic E-state index is 11.2. The molecule has 0 amide bonds. The zero-order chi connectivity index (χ0) is 17.0. The van der Waals surface area contributed by atoms with E-state index in [-0.39, 0.29) is 22.8 Å². The fourth-order valence-electron chi connectivity index (χ4n) is 2.18. The number of rotatable bonds is 6. The summed E-state index contributed by atoms with van der Waals surface area (Å²) in [4.78, 5) is 22.2. The average Bonchev–Trinajstić information content (AvgIpc) is 2.56. The van der Waals surface area contributed by atoms with E-state index in [1.54, 1.807) is 13.0 Å². The summed E-state index contributed by atoms with van der Waals surface area (Å²) in [7, 11) is 2.80. The quantitative estimate of drug-likeness (QED) is 0.824. The summed E-state index contributed by atoms with van der Waals surface area (Å²) in [5, 5.41) is 9.87. The van der Waals surface area contributed by atoms with Crippen molar-refractivity contribution < 1.29 is 28.9 Å². The smallest absolute Gasteiger partial charge is 0.204 e. The van der Waals surface area contributed by atoms with Gasteiger partial charge >= 0.3 is 0 Å². The number of hydrogen-bond donors (Lipinski definition) is 1. The van der Waals surface area contributed by atoms with E-state index in [1.165, 1.54) is 32.4 Å². The molecule has 120 valence electrons. The number of ether oxygens (including phenoxy) is 3. The minimum absolute atomic E-state index is 0.0375. The molecule has 0 saturated carbocycles. The molecule has 0 aliphatic rings. The van der Waals surface area contributed by atoms with Crippen LogP contribution in [-0.4, -0.2) is 31.9 Å². The highest BCUT2D eigenvalue weighted by atomic mass is 16.5. The zero-order valence-corrected chi connectivity index (χ0v) is 13.0. The Morgan fingerprint density at radius 2 is 1.70 bits per heavy atom. The average molecular weight is 316 g/mol. The first kappa shape index (κ1) is 16.4. The van der Waals surface area contributed by atoms with Crippen LogP contribution in [0.3, 0.4) is 0 Å². The van der Waals surface area contributed by atoms with Crippen LogP contribution in [0.5, 0.6) is 28.7 Å². The fourth-order valence-corrected chi connectivity index (χ4v) is 2.18. The second-order valence-corrected chi connectivity index (χ2v) is 4.74. The standard InChI is InChI=1S/C17H16O6/c1-10-6-11(8-18)7-14(21-2)15(10)23-16-12(9-19)4-5-13(20)17(16)22-3/h4-9,20H,1-3H3. The lowest BCUT2D eigenvalue weighted by atomic mass is 10.1. The number of aldehydes is 2. The van der Waals surface area contributed by atoms with Gasteiger partial charge in [0.2, 0.25) is 5.75 Å². The molecule has 0 aromatic heterocycles. The van der Waals surface area contributed by atoms with E-state index in [4.69, 9.17) is 14.2 Å². The molecule has 0 unspecified atom stereocenters. The SMILES string of the molecule is COc1cc(C=O)cc(C)c1Oc1c(C=O)ccc(O)c1OC. The number of methoxy groups -OCH3 is 2. The van der Waals surface area contributed by atoms with Crippen molar-refractivity contribution in [3.63, 3.8) is 0 Å². The predicted molar refractivity (Wildman–Crippen MR) is 83.2 cm³/mol. The molecule has 23 heavy (non-hydrogen) atoms. The van der Waals surface area contributed by atoms with E-state index in [1.807, 2.05) is 0 Å². The molecule has 0 atom stereocenters. The van der Waals surface area contributed by atoms with Crippen LogP contribution in [0.1, 0.15) is 26.3 Å². The largest absolute Gasteiger partial charge is 0.504 e. The van der Waals surface area contributed by atoms with Crippen LogP contribution >= 0.6 is 0 Å². The van der Waals surface area contributed by atoms with E-state index in [0.29, 0.717) is 35.2 Å². The summed E-state index contributed by atoms with van der Waals surface area (Å²) >= 11 is 0. The van der Waals surface area contributed by atoms with E-state index in [9.17, 15) is 14.7 Å². The van der Waals surface area contributed by atoms with Crippen LogP contribution in [0.25, 0.3) is 0 Å². The number of phenolic OH excluding ortho intramolecular Hbond substituents is 1. The normalized spacial score (nSPS) is 10.0. The van der Waals surface area contributed by atoms with Gasteiger partial charge in [-0.05, 0) is 36.8 Å². The first-order valence-corrected chi connectivity index (χ1v) is 6.72. The van der Waals surface area contributed by atoms with Gasteiger partial charge in [-0.3, -0.25) is 9.59 Å². The van der Waals surface area contributed by atoms with Crippen LogP contribution in [0, 0.1) is 6.92 Å². The summed E-state index contributed by atoms with van der Waals surface area (Å²) in [5.74, 6) is 0.604. The topological polar surface area (TPSA) is 82.1 Å². The molecule has 0 spiro atoms. The lowest BCUT2D eigenvalue weighted by Crippen LogP contribution is -1.99. The van der Waals surface area contributed by atoms with Crippen LogP contribution in [0.2, 0.25) is 0 Å². The van der Waals surface area contributed by atoms with Crippen molar-refractivity contribution in [3.05, 3.63) is 41.0 Å². The summed E-state index contributed by atoms with van der Waals surface area (Å²) in [5.41, 5.74) is 1.28. The Morgan fingerprint density at radius 1 is 0.957 bits per heavy atom. The zero-order valence-electron chi connectivity index (χ0n) is 13.0. The highest BCUT2D eigenvalue weighted by Gasteiger charge is 2.19.